The van der Waals surface area contributed by atoms with E-state index >= 15 is 0 Å². The fraction of sp³-hybridized carbons (Fsp3) is 0.714. The van der Waals surface area contributed by atoms with Gasteiger partial charge < -0.3 is 10.0 Å². The number of nitrogens with one attached hydrogen (secondary N) is 1. The molecule has 1 aliphatic rings. The van der Waals surface area contributed by atoms with Crippen molar-refractivity contribution in [1.29, 1.82) is 0 Å². The number of thiophene rings is 1. The SMILES string of the molecule is CC(C)N1CCC(CNS(=O)(=O)c2ccc(CCO)s2)C1. The lowest BCUT2D eigenvalue weighted by atomic mass is 10.1. The van der Waals surface area contributed by atoms with Gasteiger partial charge in [-0.05, 0) is 44.9 Å². The van der Waals surface area contributed by atoms with Crippen LogP contribution in [0.2, 0.25) is 0 Å². The third-order valence-corrected chi connectivity index (χ3v) is 6.93. The molecule has 2 N–H and O–H groups in total. The Morgan fingerprint density at radius 1 is 1.48 bits per heavy atom. The van der Waals surface area contributed by atoms with Crippen molar-refractivity contribution in [2.24, 2.45) is 5.92 Å². The summed E-state index contributed by atoms with van der Waals surface area (Å²) in [7, 11) is -3.41. The maximum Gasteiger partial charge on any atom is 0.250 e. The van der Waals surface area contributed by atoms with Crippen molar-refractivity contribution in [1.82, 2.24) is 9.62 Å². The van der Waals surface area contributed by atoms with Crippen molar-refractivity contribution in [2.45, 2.75) is 36.9 Å². The Labute approximate surface area is 131 Å². The van der Waals surface area contributed by atoms with E-state index in [0.29, 0.717) is 29.1 Å². The first-order valence-electron chi connectivity index (χ1n) is 7.35. The Balaban J connectivity index is 1.89. The number of nitrogens with zero attached hydrogens (tertiary/aromatic N) is 1. The van der Waals surface area contributed by atoms with Gasteiger partial charge in [0.25, 0.3) is 0 Å². The standard InChI is InChI=1S/C14H24N2O3S2/c1-11(2)16-7-5-12(10-16)9-15-21(18,19)14-4-3-13(20-14)6-8-17/h3-4,11-12,15,17H,5-10H2,1-2H3. The van der Waals surface area contributed by atoms with Gasteiger partial charge in [0.15, 0.2) is 0 Å². The van der Waals surface area contributed by atoms with Crippen molar-refractivity contribution in [2.75, 3.05) is 26.2 Å². The van der Waals surface area contributed by atoms with E-state index in [1.54, 1.807) is 12.1 Å². The fourth-order valence-corrected chi connectivity index (χ4v) is 5.05. The van der Waals surface area contributed by atoms with E-state index in [1.165, 1.54) is 11.3 Å². The molecule has 1 aromatic heterocycles. The van der Waals surface area contributed by atoms with Crippen LogP contribution in [0, 0.1) is 5.92 Å². The maximum atomic E-state index is 12.2. The highest BCUT2D eigenvalue weighted by atomic mass is 32.2. The summed E-state index contributed by atoms with van der Waals surface area (Å²) in [5, 5.41) is 8.89. The van der Waals surface area contributed by atoms with Crippen LogP contribution in [-0.4, -0.2) is 50.7 Å². The van der Waals surface area contributed by atoms with Crippen LogP contribution in [0.5, 0.6) is 0 Å². The summed E-state index contributed by atoms with van der Waals surface area (Å²) in [6.45, 7) is 6.88. The molecule has 0 saturated carbocycles. The molecule has 0 aliphatic carbocycles. The topological polar surface area (TPSA) is 69.6 Å². The zero-order valence-electron chi connectivity index (χ0n) is 12.6. The summed E-state index contributed by atoms with van der Waals surface area (Å²) in [6.07, 6.45) is 1.55. The lowest BCUT2D eigenvalue weighted by Crippen LogP contribution is -2.32. The molecule has 0 spiro atoms. The van der Waals surface area contributed by atoms with Gasteiger partial charge in [-0.1, -0.05) is 0 Å². The molecule has 2 rings (SSSR count). The van der Waals surface area contributed by atoms with Crippen LogP contribution in [0.4, 0.5) is 0 Å². The summed E-state index contributed by atoms with van der Waals surface area (Å²) >= 11 is 1.23. The second-order valence-corrected chi connectivity index (χ2v) is 8.95. The van der Waals surface area contributed by atoms with Crippen LogP contribution in [0.25, 0.3) is 0 Å². The predicted molar refractivity (Wildman–Crippen MR) is 85.1 cm³/mol. The van der Waals surface area contributed by atoms with Gasteiger partial charge in [0.2, 0.25) is 10.0 Å². The molecule has 1 unspecified atom stereocenters. The number of aliphatic hydroxyl groups excluding tert-OH is 1. The summed E-state index contributed by atoms with van der Waals surface area (Å²) in [5.74, 6) is 0.388. The Morgan fingerprint density at radius 2 is 2.24 bits per heavy atom. The van der Waals surface area contributed by atoms with Crippen LogP contribution in [0.3, 0.4) is 0 Å². The van der Waals surface area contributed by atoms with E-state index in [9.17, 15) is 8.42 Å². The molecule has 1 saturated heterocycles. The van der Waals surface area contributed by atoms with E-state index < -0.39 is 10.0 Å². The molecular formula is C14H24N2O3S2. The highest BCUT2D eigenvalue weighted by Crippen LogP contribution is 2.23. The quantitative estimate of drug-likeness (QED) is 0.789. The molecule has 21 heavy (non-hydrogen) atoms. The third kappa shape index (κ3) is 4.50. The van der Waals surface area contributed by atoms with Crippen molar-refractivity contribution in [3.63, 3.8) is 0 Å². The van der Waals surface area contributed by atoms with E-state index in [1.807, 2.05) is 0 Å². The Hall–Kier alpha value is -0.470. The lowest BCUT2D eigenvalue weighted by molar-refractivity contribution is 0.265. The van der Waals surface area contributed by atoms with Crippen molar-refractivity contribution in [3.05, 3.63) is 17.0 Å². The fourth-order valence-electron chi connectivity index (χ4n) is 2.54. The average molecular weight is 332 g/mol. The molecule has 0 amide bonds. The smallest absolute Gasteiger partial charge is 0.250 e. The first kappa shape index (κ1) is 16.9. The molecule has 7 heteroatoms. The van der Waals surface area contributed by atoms with Crippen LogP contribution in [-0.2, 0) is 16.4 Å². The van der Waals surface area contributed by atoms with Gasteiger partial charge in [-0.15, -0.1) is 11.3 Å². The van der Waals surface area contributed by atoms with Gasteiger partial charge in [-0.25, -0.2) is 13.1 Å². The number of rotatable bonds is 7. The Morgan fingerprint density at radius 3 is 2.86 bits per heavy atom. The number of hydrogen-bond donors (Lipinski definition) is 2. The van der Waals surface area contributed by atoms with Gasteiger partial charge in [-0.3, -0.25) is 0 Å². The minimum absolute atomic E-state index is 0.0422. The largest absolute Gasteiger partial charge is 0.396 e. The van der Waals surface area contributed by atoms with Gasteiger partial charge in [0.05, 0.1) is 0 Å². The summed E-state index contributed by atoms with van der Waals surface area (Å²) in [4.78, 5) is 3.27. The maximum absolute atomic E-state index is 12.2. The molecule has 0 bridgehead atoms. The van der Waals surface area contributed by atoms with E-state index in [4.69, 9.17) is 5.11 Å². The molecule has 2 heterocycles. The Bertz CT molecular complexity index is 554. The molecule has 0 radical (unpaired) electrons. The van der Waals surface area contributed by atoms with Crippen LogP contribution in [0.15, 0.2) is 16.3 Å². The molecular weight excluding hydrogens is 308 g/mol. The number of hydrogen-bond acceptors (Lipinski definition) is 5. The second kappa shape index (κ2) is 7.19. The Kier molecular flexibility index (Phi) is 5.79. The van der Waals surface area contributed by atoms with E-state index in [2.05, 4.69) is 23.5 Å². The number of aliphatic hydroxyl groups is 1. The predicted octanol–water partition coefficient (Wildman–Crippen LogP) is 1.29. The first-order chi connectivity index (χ1) is 9.92. The highest BCUT2D eigenvalue weighted by molar-refractivity contribution is 7.91. The minimum Gasteiger partial charge on any atom is -0.396 e. The minimum atomic E-state index is -3.41. The van der Waals surface area contributed by atoms with E-state index in [-0.39, 0.29) is 6.61 Å². The molecule has 1 aromatic rings. The van der Waals surface area contributed by atoms with Crippen molar-refractivity contribution >= 4 is 21.4 Å². The van der Waals surface area contributed by atoms with Crippen molar-refractivity contribution < 1.29 is 13.5 Å². The summed E-state index contributed by atoms with van der Waals surface area (Å²) in [6, 6.07) is 3.91. The molecule has 120 valence electrons. The number of likely N-dealkylation sites (tertiary alicyclic amines) is 1. The van der Waals surface area contributed by atoms with Crippen LogP contribution < -0.4 is 4.72 Å². The van der Waals surface area contributed by atoms with Crippen molar-refractivity contribution in [3.8, 4) is 0 Å². The molecule has 0 aromatic carbocycles. The normalized spacial score (nSPS) is 20.5. The van der Waals surface area contributed by atoms with Crippen LogP contribution in [0.1, 0.15) is 25.1 Å². The molecule has 1 atom stereocenters. The average Bonchev–Trinajstić information content (AvgIpc) is 3.06. The van der Waals surface area contributed by atoms with Gasteiger partial charge in [0, 0.05) is 37.0 Å². The second-order valence-electron chi connectivity index (χ2n) is 5.79. The molecule has 5 nitrogen and oxygen atoms in total. The molecule has 1 aliphatic heterocycles. The molecule has 1 fully saturated rings. The van der Waals surface area contributed by atoms with Gasteiger partial charge >= 0.3 is 0 Å². The summed E-state index contributed by atoms with van der Waals surface area (Å²) in [5.41, 5.74) is 0. The first-order valence-corrected chi connectivity index (χ1v) is 9.65. The monoisotopic (exact) mass is 332 g/mol. The highest BCUT2D eigenvalue weighted by Gasteiger charge is 2.26. The van der Waals surface area contributed by atoms with Gasteiger partial charge in [0.1, 0.15) is 4.21 Å². The van der Waals surface area contributed by atoms with Gasteiger partial charge in [-0.2, -0.15) is 0 Å². The van der Waals surface area contributed by atoms with Crippen LogP contribution >= 0.6 is 11.3 Å². The lowest BCUT2D eigenvalue weighted by Gasteiger charge is -2.20. The third-order valence-electron chi connectivity index (χ3n) is 3.87. The zero-order chi connectivity index (χ0) is 15.5. The van der Waals surface area contributed by atoms with E-state index in [0.717, 1.165) is 24.4 Å². The number of sulfonamides is 1. The summed E-state index contributed by atoms with van der Waals surface area (Å²) < 4.78 is 27.6. The zero-order valence-corrected chi connectivity index (χ0v) is 14.2.